The third-order valence-corrected chi connectivity index (χ3v) is 4.85. The van der Waals surface area contributed by atoms with Gasteiger partial charge in [0.1, 0.15) is 0 Å². The number of rotatable bonds is 4. The number of pyridine rings is 1. The third-order valence-electron chi connectivity index (χ3n) is 4.22. The van der Waals surface area contributed by atoms with Gasteiger partial charge in [-0.1, -0.05) is 41.4 Å². The number of amides is 1. The highest BCUT2D eigenvalue weighted by Crippen LogP contribution is 2.30. The van der Waals surface area contributed by atoms with Crippen molar-refractivity contribution < 1.29 is 9.59 Å². The number of halogens is 2. The molecule has 2 aromatic carbocycles. The summed E-state index contributed by atoms with van der Waals surface area (Å²) in [6.07, 6.45) is 7.14. The lowest BCUT2D eigenvalue weighted by Crippen LogP contribution is -2.14. The van der Waals surface area contributed by atoms with E-state index in [2.05, 4.69) is 15.3 Å². The zero-order valence-corrected chi connectivity index (χ0v) is 15.8. The van der Waals surface area contributed by atoms with E-state index < -0.39 is 5.91 Å². The van der Waals surface area contributed by atoms with E-state index in [1.165, 1.54) is 6.20 Å². The van der Waals surface area contributed by atoms with Crippen LogP contribution < -0.4 is 5.32 Å². The number of aromatic nitrogens is 3. The summed E-state index contributed by atoms with van der Waals surface area (Å²) in [6, 6.07) is 10.2. The molecule has 0 unspecified atom stereocenters. The first-order valence-electron chi connectivity index (χ1n) is 8.20. The fourth-order valence-electron chi connectivity index (χ4n) is 2.99. The van der Waals surface area contributed by atoms with Gasteiger partial charge in [-0.05, 0) is 18.2 Å². The van der Waals surface area contributed by atoms with E-state index in [0.29, 0.717) is 27.8 Å². The predicted molar refractivity (Wildman–Crippen MR) is 109 cm³/mol. The minimum atomic E-state index is -0.450. The molecule has 2 heterocycles. The van der Waals surface area contributed by atoms with Crippen molar-refractivity contribution in [2.24, 2.45) is 0 Å². The van der Waals surface area contributed by atoms with Crippen molar-refractivity contribution in [2.75, 3.05) is 5.32 Å². The SMILES string of the molecule is O=Cc1cnc2c(NC(=O)c3c(Cl)cccc3Cl)cccc2c1-n1ccnc1. The Morgan fingerprint density at radius 1 is 1.11 bits per heavy atom. The molecule has 4 rings (SSSR count). The van der Waals surface area contributed by atoms with Gasteiger partial charge in [-0.3, -0.25) is 14.6 Å². The Hall–Kier alpha value is -3.22. The number of anilines is 1. The number of carbonyl (C=O) groups excluding carboxylic acids is 2. The first-order valence-corrected chi connectivity index (χ1v) is 8.96. The van der Waals surface area contributed by atoms with Crippen molar-refractivity contribution in [3.05, 3.63) is 82.5 Å². The molecule has 0 aliphatic carbocycles. The van der Waals surface area contributed by atoms with Crippen LogP contribution in [0.4, 0.5) is 5.69 Å². The van der Waals surface area contributed by atoms with Gasteiger partial charge in [0.25, 0.3) is 5.91 Å². The molecule has 0 saturated heterocycles. The topological polar surface area (TPSA) is 76.9 Å². The Balaban J connectivity index is 1.84. The van der Waals surface area contributed by atoms with Crippen molar-refractivity contribution in [3.8, 4) is 5.69 Å². The number of nitrogens with zero attached hydrogens (tertiary/aromatic N) is 3. The number of fused-ring (bicyclic) bond motifs is 1. The molecule has 6 nitrogen and oxygen atoms in total. The van der Waals surface area contributed by atoms with Gasteiger partial charge in [-0.25, -0.2) is 4.98 Å². The molecule has 0 atom stereocenters. The van der Waals surface area contributed by atoms with Gasteiger partial charge in [0, 0.05) is 24.0 Å². The van der Waals surface area contributed by atoms with E-state index in [-0.39, 0.29) is 15.6 Å². The lowest BCUT2D eigenvalue weighted by atomic mass is 10.1. The third kappa shape index (κ3) is 3.13. The van der Waals surface area contributed by atoms with Gasteiger partial charge >= 0.3 is 0 Å². The van der Waals surface area contributed by atoms with Gasteiger partial charge in [0.2, 0.25) is 0 Å². The number of para-hydroxylation sites is 1. The minimum Gasteiger partial charge on any atom is -0.320 e. The maximum absolute atomic E-state index is 12.8. The molecule has 2 aromatic heterocycles. The smallest absolute Gasteiger partial charge is 0.258 e. The fourth-order valence-corrected chi connectivity index (χ4v) is 3.56. The van der Waals surface area contributed by atoms with Crippen LogP contribution in [0.15, 0.2) is 61.3 Å². The van der Waals surface area contributed by atoms with Crippen LogP contribution in [0.5, 0.6) is 0 Å². The molecule has 0 radical (unpaired) electrons. The first kappa shape index (κ1) is 18.2. The van der Waals surface area contributed by atoms with Gasteiger partial charge in [-0.2, -0.15) is 0 Å². The molecule has 0 spiro atoms. The molecule has 28 heavy (non-hydrogen) atoms. The fraction of sp³-hybridized carbons (Fsp3) is 0. The Labute approximate surface area is 169 Å². The van der Waals surface area contributed by atoms with Gasteiger partial charge < -0.3 is 9.88 Å². The maximum atomic E-state index is 12.8. The molecular weight excluding hydrogens is 399 g/mol. The van der Waals surface area contributed by atoms with E-state index >= 15 is 0 Å². The molecule has 138 valence electrons. The number of nitrogens with one attached hydrogen (secondary N) is 1. The van der Waals surface area contributed by atoms with Crippen LogP contribution in [-0.4, -0.2) is 26.7 Å². The molecule has 1 N–H and O–H groups in total. The number of benzene rings is 2. The average Bonchev–Trinajstić information content (AvgIpc) is 3.21. The average molecular weight is 411 g/mol. The van der Waals surface area contributed by atoms with E-state index in [9.17, 15) is 9.59 Å². The lowest BCUT2D eigenvalue weighted by molar-refractivity contribution is 0.102. The van der Waals surface area contributed by atoms with Crippen molar-refractivity contribution in [3.63, 3.8) is 0 Å². The number of hydrogen-bond donors (Lipinski definition) is 1. The summed E-state index contributed by atoms with van der Waals surface area (Å²) in [5.41, 5.74) is 2.21. The standard InChI is InChI=1S/C20H12Cl2N4O2/c21-14-4-2-5-15(22)17(14)20(28)25-16-6-1-3-13-18(16)24-9-12(10-27)19(13)26-8-7-23-11-26/h1-11H,(H,25,28). The molecule has 0 fully saturated rings. The Bertz CT molecular complexity index is 1190. The van der Waals surface area contributed by atoms with Crippen LogP contribution >= 0.6 is 23.2 Å². The zero-order chi connectivity index (χ0) is 19.7. The highest BCUT2D eigenvalue weighted by atomic mass is 35.5. The van der Waals surface area contributed by atoms with Crippen LogP contribution in [0.3, 0.4) is 0 Å². The van der Waals surface area contributed by atoms with Crippen LogP contribution in [0.2, 0.25) is 10.0 Å². The summed E-state index contributed by atoms with van der Waals surface area (Å²) < 4.78 is 1.73. The number of imidazole rings is 1. The van der Waals surface area contributed by atoms with Crippen molar-refractivity contribution in [2.45, 2.75) is 0 Å². The Morgan fingerprint density at radius 3 is 2.54 bits per heavy atom. The molecule has 4 aromatic rings. The summed E-state index contributed by atoms with van der Waals surface area (Å²) in [5.74, 6) is -0.450. The first-order chi connectivity index (χ1) is 13.6. The van der Waals surface area contributed by atoms with Gasteiger partial charge in [0.15, 0.2) is 6.29 Å². The summed E-state index contributed by atoms with van der Waals surface area (Å²) >= 11 is 12.3. The van der Waals surface area contributed by atoms with E-state index in [1.807, 2.05) is 6.07 Å². The molecule has 0 aliphatic heterocycles. The molecular formula is C20H12Cl2N4O2. The summed E-state index contributed by atoms with van der Waals surface area (Å²) in [7, 11) is 0. The van der Waals surface area contributed by atoms with Crippen LogP contribution in [0, 0.1) is 0 Å². The second-order valence-corrected chi connectivity index (χ2v) is 6.72. The number of aldehydes is 1. The zero-order valence-electron chi connectivity index (χ0n) is 14.3. The quantitative estimate of drug-likeness (QED) is 0.490. The van der Waals surface area contributed by atoms with Crippen LogP contribution in [-0.2, 0) is 0 Å². The van der Waals surface area contributed by atoms with Crippen molar-refractivity contribution in [1.82, 2.24) is 14.5 Å². The monoisotopic (exact) mass is 410 g/mol. The van der Waals surface area contributed by atoms with Crippen LogP contribution in [0.25, 0.3) is 16.6 Å². The molecule has 0 aliphatic rings. The predicted octanol–water partition coefficient (Wildman–Crippen LogP) is 4.79. The summed E-state index contributed by atoms with van der Waals surface area (Å²) in [6.45, 7) is 0. The summed E-state index contributed by atoms with van der Waals surface area (Å²) in [5, 5.41) is 4.00. The lowest BCUT2D eigenvalue weighted by Gasteiger charge is -2.14. The Morgan fingerprint density at radius 2 is 1.86 bits per heavy atom. The number of carbonyl (C=O) groups is 2. The van der Waals surface area contributed by atoms with Crippen molar-refractivity contribution in [1.29, 1.82) is 0 Å². The van der Waals surface area contributed by atoms with Gasteiger partial charge in [-0.15, -0.1) is 0 Å². The normalized spacial score (nSPS) is 10.8. The van der Waals surface area contributed by atoms with E-state index in [0.717, 1.165) is 6.29 Å². The van der Waals surface area contributed by atoms with Crippen molar-refractivity contribution >= 4 is 52.0 Å². The second-order valence-electron chi connectivity index (χ2n) is 5.90. The second kappa shape index (κ2) is 7.42. The highest BCUT2D eigenvalue weighted by molar-refractivity contribution is 6.40. The summed E-state index contributed by atoms with van der Waals surface area (Å²) in [4.78, 5) is 32.7. The molecule has 0 saturated carbocycles. The van der Waals surface area contributed by atoms with Crippen LogP contribution in [0.1, 0.15) is 20.7 Å². The number of hydrogen-bond acceptors (Lipinski definition) is 4. The molecule has 1 amide bonds. The van der Waals surface area contributed by atoms with E-state index in [4.69, 9.17) is 23.2 Å². The van der Waals surface area contributed by atoms with E-state index in [1.54, 1.807) is 53.6 Å². The molecule has 0 bridgehead atoms. The highest BCUT2D eigenvalue weighted by Gasteiger charge is 2.18. The Kier molecular flexibility index (Phi) is 4.81. The molecule has 8 heteroatoms. The maximum Gasteiger partial charge on any atom is 0.258 e. The minimum absolute atomic E-state index is 0.183. The van der Waals surface area contributed by atoms with Gasteiger partial charge in [0.05, 0.1) is 44.4 Å². The largest absolute Gasteiger partial charge is 0.320 e.